The van der Waals surface area contributed by atoms with Crippen LogP contribution < -0.4 is 4.74 Å². The maximum absolute atomic E-state index is 5.62. The van der Waals surface area contributed by atoms with Crippen molar-refractivity contribution >= 4 is 0 Å². The highest BCUT2D eigenvalue weighted by Crippen LogP contribution is 2.23. The van der Waals surface area contributed by atoms with Crippen LogP contribution in [0.15, 0.2) is 24.3 Å². The lowest BCUT2D eigenvalue weighted by Crippen LogP contribution is -2.21. The molecule has 1 saturated heterocycles. The van der Waals surface area contributed by atoms with E-state index in [0.717, 1.165) is 24.3 Å². The summed E-state index contributed by atoms with van der Waals surface area (Å²) in [6.07, 6.45) is 1.11. The number of rotatable bonds is 4. The predicted octanol–water partition coefficient (Wildman–Crippen LogP) is 2.56. The van der Waals surface area contributed by atoms with Crippen LogP contribution in [0.2, 0.25) is 0 Å². The Bertz CT molecular complexity index is 301. The summed E-state index contributed by atoms with van der Waals surface area (Å²) in [6, 6.07) is 8.07. The average Bonchev–Trinajstić information content (AvgIpc) is 2.38. The molecule has 1 aliphatic rings. The van der Waals surface area contributed by atoms with Crippen LogP contribution in [0.5, 0.6) is 5.75 Å². The van der Waals surface area contributed by atoms with Crippen LogP contribution in [0, 0.1) is 0 Å². The van der Waals surface area contributed by atoms with Crippen molar-refractivity contribution in [2.24, 2.45) is 0 Å². The average molecular weight is 222 g/mol. The van der Waals surface area contributed by atoms with Gasteiger partial charge < -0.3 is 14.2 Å². The maximum Gasteiger partial charge on any atom is 0.119 e. The van der Waals surface area contributed by atoms with Gasteiger partial charge in [0.1, 0.15) is 11.9 Å². The van der Waals surface area contributed by atoms with E-state index in [9.17, 15) is 0 Å². The number of benzene rings is 1. The lowest BCUT2D eigenvalue weighted by Gasteiger charge is -2.23. The van der Waals surface area contributed by atoms with E-state index in [1.165, 1.54) is 0 Å². The Kier molecular flexibility index (Phi) is 4.19. The molecule has 0 aliphatic carbocycles. The molecule has 3 heteroatoms. The summed E-state index contributed by atoms with van der Waals surface area (Å²) in [4.78, 5) is 0. The molecule has 88 valence electrons. The second-order valence-electron chi connectivity index (χ2n) is 3.85. The van der Waals surface area contributed by atoms with E-state index in [-0.39, 0.29) is 6.10 Å². The third-order valence-electron chi connectivity index (χ3n) is 2.54. The molecule has 1 fully saturated rings. The fourth-order valence-electron chi connectivity index (χ4n) is 1.68. The summed E-state index contributed by atoms with van der Waals surface area (Å²) in [5.41, 5.74) is 1.16. The Morgan fingerprint density at radius 2 is 2.06 bits per heavy atom. The van der Waals surface area contributed by atoms with Gasteiger partial charge in [-0.15, -0.1) is 0 Å². The van der Waals surface area contributed by atoms with Crippen molar-refractivity contribution < 1.29 is 14.2 Å². The second kappa shape index (κ2) is 5.87. The van der Waals surface area contributed by atoms with Gasteiger partial charge in [-0.2, -0.15) is 0 Å². The standard InChI is InChI=1S/C13H18O3/c1-2-7-15-12-5-3-11(4-6-12)13-10-14-8-9-16-13/h3-6,13H,2,7-10H2,1H3. The van der Waals surface area contributed by atoms with Crippen LogP contribution in [0.3, 0.4) is 0 Å². The van der Waals surface area contributed by atoms with Gasteiger partial charge in [0.2, 0.25) is 0 Å². The maximum atomic E-state index is 5.62. The molecule has 1 unspecified atom stereocenters. The van der Waals surface area contributed by atoms with Gasteiger partial charge in [-0.05, 0) is 24.1 Å². The van der Waals surface area contributed by atoms with E-state index in [4.69, 9.17) is 14.2 Å². The molecule has 1 aromatic carbocycles. The molecular weight excluding hydrogens is 204 g/mol. The monoisotopic (exact) mass is 222 g/mol. The van der Waals surface area contributed by atoms with Gasteiger partial charge in [-0.1, -0.05) is 19.1 Å². The molecular formula is C13H18O3. The minimum atomic E-state index is 0.0778. The van der Waals surface area contributed by atoms with Crippen LogP contribution in [0.4, 0.5) is 0 Å². The first-order chi connectivity index (χ1) is 7.90. The molecule has 0 spiro atoms. The Hall–Kier alpha value is -1.06. The molecule has 1 aliphatic heterocycles. The smallest absolute Gasteiger partial charge is 0.119 e. The summed E-state index contributed by atoms with van der Waals surface area (Å²) >= 11 is 0. The van der Waals surface area contributed by atoms with Crippen LogP contribution in [0.1, 0.15) is 25.0 Å². The van der Waals surface area contributed by atoms with Crippen LogP contribution in [-0.4, -0.2) is 26.4 Å². The Balaban J connectivity index is 1.95. The third-order valence-corrected chi connectivity index (χ3v) is 2.54. The summed E-state index contributed by atoms with van der Waals surface area (Å²) in [5.74, 6) is 0.919. The second-order valence-corrected chi connectivity index (χ2v) is 3.85. The molecule has 0 saturated carbocycles. The number of hydrogen-bond acceptors (Lipinski definition) is 3. The van der Waals surface area contributed by atoms with Crippen molar-refractivity contribution in [3.63, 3.8) is 0 Å². The lowest BCUT2D eigenvalue weighted by molar-refractivity contribution is -0.0901. The van der Waals surface area contributed by atoms with Gasteiger partial charge in [-0.25, -0.2) is 0 Å². The minimum Gasteiger partial charge on any atom is -0.494 e. The third kappa shape index (κ3) is 2.97. The zero-order valence-corrected chi connectivity index (χ0v) is 9.65. The predicted molar refractivity (Wildman–Crippen MR) is 61.7 cm³/mol. The van der Waals surface area contributed by atoms with E-state index >= 15 is 0 Å². The molecule has 0 amide bonds. The summed E-state index contributed by atoms with van der Waals surface area (Å²) in [7, 11) is 0. The largest absolute Gasteiger partial charge is 0.494 e. The minimum absolute atomic E-state index is 0.0778. The van der Waals surface area contributed by atoms with E-state index in [1.54, 1.807) is 0 Å². The number of hydrogen-bond donors (Lipinski definition) is 0. The molecule has 1 atom stereocenters. The molecule has 0 N–H and O–H groups in total. The zero-order chi connectivity index (χ0) is 11.2. The van der Waals surface area contributed by atoms with Crippen LogP contribution in [-0.2, 0) is 9.47 Å². The highest BCUT2D eigenvalue weighted by Gasteiger charge is 2.16. The van der Waals surface area contributed by atoms with Crippen molar-refractivity contribution in [2.45, 2.75) is 19.4 Å². The SMILES string of the molecule is CCCOc1ccc(C2COCCO2)cc1. The van der Waals surface area contributed by atoms with E-state index in [0.29, 0.717) is 19.8 Å². The fourth-order valence-corrected chi connectivity index (χ4v) is 1.68. The highest BCUT2D eigenvalue weighted by atomic mass is 16.6. The van der Waals surface area contributed by atoms with Gasteiger partial charge >= 0.3 is 0 Å². The van der Waals surface area contributed by atoms with Gasteiger partial charge in [0.15, 0.2) is 0 Å². The Labute approximate surface area is 96.3 Å². The van der Waals surface area contributed by atoms with Crippen molar-refractivity contribution in [3.8, 4) is 5.75 Å². The first-order valence-corrected chi connectivity index (χ1v) is 5.82. The molecule has 16 heavy (non-hydrogen) atoms. The van der Waals surface area contributed by atoms with Crippen LogP contribution >= 0.6 is 0 Å². The van der Waals surface area contributed by atoms with Gasteiger partial charge in [0.05, 0.1) is 26.4 Å². The topological polar surface area (TPSA) is 27.7 Å². The molecule has 0 radical (unpaired) electrons. The first-order valence-electron chi connectivity index (χ1n) is 5.82. The lowest BCUT2D eigenvalue weighted by atomic mass is 10.1. The van der Waals surface area contributed by atoms with Gasteiger partial charge in [-0.3, -0.25) is 0 Å². The summed E-state index contributed by atoms with van der Waals surface area (Å²) in [6.45, 7) is 4.89. The van der Waals surface area contributed by atoms with Gasteiger partial charge in [0, 0.05) is 0 Å². The molecule has 0 aromatic heterocycles. The normalized spacial score (nSPS) is 20.7. The highest BCUT2D eigenvalue weighted by molar-refractivity contribution is 5.28. The molecule has 3 nitrogen and oxygen atoms in total. The summed E-state index contributed by atoms with van der Waals surface area (Å²) in [5, 5.41) is 0. The van der Waals surface area contributed by atoms with Crippen LogP contribution in [0.25, 0.3) is 0 Å². The number of ether oxygens (including phenoxy) is 3. The first kappa shape index (κ1) is 11.4. The fraction of sp³-hybridized carbons (Fsp3) is 0.538. The van der Waals surface area contributed by atoms with Gasteiger partial charge in [0.25, 0.3) is 0 Å². The molecule has 1 aromatic rings. The zero-order valence-electron chi connectivity index (χ0n) is 9.65. The molecule has 0 bridgehead atoms. The summed E-state index contributed by atoms with van der Waals surface area (Å²) < 4.78 is 16.5. The van der Waals surface area contributed by atoms with E-state index in [2.05, 4.69) is 6.92 Å². The van der Waals surface area contributed by atoms with E-state index < -0.39 is 0 Å². The van der Waals surface area contributed by atoms with Crippen molar-refractivity contribution in [1.29, 1.82) is 0 Å². The van der Waals surface area contributed by atoms with Crippen molar-refractivity contribution in [2.75, 3.05) is 26.4 Å². The van der Waals surface area contributed by atoms with Crippen molar-refractivity contribution in [1.82, 2.24) is 0 Å². The molecule has 2 rings (SSSR count). The Morgan fingerprint density at radius 1 is 1.25 bits per heavy atom. The Morgan fingerprint density at radius 3 is 2.69 bits per heavy atom. The molecule has 1 heterocycles. The quantitative estimate of drug-likeness (QED) is 0.783. The van der Waals surface area contributed by atoms with E-state index in [1.807, 2.05) is 24.3 Å². The van der Waals surface area contributed by atoms with Crippen molar-refractivity contribution in [3.05, 3.63) is 29.8 Å².